The molecule has 3 atom stereocenters. The third-order valence-corrected chi connectivity index (χ3v) is 7.04. The van der Waals surface area contributed by atoms with Gasteiger partial charge in [-0.05, 0) is 44.7 Å². The zero-order chi connectivity index (χ0) is 24.5. The molecule has 2 bridgehead atoms. The summed E-state index contributed by atoms with van der Waals surface area (Å²) in [7, 11) is 1.76. The molecule has 0 spiro atoms. The number of halogens is 1. The fourth-order valence-corrected chi connectivity index (χ4v) is 5.33. The minimum absolute atomic E-state index is 0.154. The van der Waals surface area contributed by atoms with Crippen molar-refractivity contribution in [3.63, 3.8) is 0 Å². The molecule has 1 aliphatic carbocycles. The van der Waals surface area contributed by atoms with Crippen molar-refractivity contribution in [1.29, 1.82) is 0 Å². The van der Waals surface area contributed by atoms with Crippen LogP contribution < -0.4 is 26.4 Å². The standard InChI is InChI=1S/C24H28FN9O/c1-24(2,27)22-29-8-14(9-30-22)35-23-32-20-18(15-5-12(25)6-17(28-3)19(15)31-20)21(33-23)34-10-11-4-13(34)7-16(11)26/h5-6,8-9,11,13,16,28H,4,7,10,26-27H2,1-3H3,(H,31,32,33)/t11-,13?,16?/m1/s1. The molecule has 6 rings (SSSR count). The number of benzene rings is 1. The van der Waals surface area contributed by atoms with Gasteiger partial charge in [0.1, 0.15) is 23.1 Å². The molecule has 4 heterocycles. The van der Waals surface area contributed by atoms with Crippen LogP contribution in [0, 0.1) is 11.7 Å². The Balaban J connectivity index is 1.48. The zero-order valence-electron chi connectivity index (χ0n) is 19.8. The van der Waals surface area contributed by atoms with Crippen molar-refractivity contribution in [3.8, 4) is 11.8 Å². The van der Waals surface area contributed by atoms with Gasteiger partial charge in [-0.3, -0.25) is 0 Å². The third-order valence-electron chi connectivity index (χ3n) is 7.04. The van der Waals surface area contributed by atoms with Crippen LogP contribution in [-0.4, -0.2) is 50.6 Å². The Labute approximate surface area is 201 Å². The maximum Gasteiger partial charge on any atom is 0.326 e. The average Bonchev–Trinajstić information content (AvgIpc) is 3.49. The monoisotopic (exact) mass is 477 g/mol. The minimum atomic E-state index is -0.665. The molecule has 1 saturated heterocycles. The number of anilines is 2. The highest BCUT2D eigenvalue weighted by Gasteiger charge is 2.44. The molecular formula is C24H28FN9O. The minimum Gasteiger partial charge on any atom is -0.421 e. The van der Waals surface area contributed by atoms with Crippen LogP contribution in [0.1, 0.15) is 32.5 Å². The molecule has 3 aromatic heterocycles. The van der Waals surface area contributed by atoms with Gasteiger partial charge in [-0.2, -0.15) is 9.97 Å². The van der Waals surface area contributed by atoms with E-state index in [4.69, 9.17) is 21.2 Å². The van der Waals surface area contributed by atoms with Gasteiger partial charge in [0, 0.05) is 31.1 Å². The zero-order valence-corrected chi connectivity index (χ0v) is 19.8. The number of hydrogen-bond donors (Lipinski definition) is 4. The summed E-state index contributed by atoms with van der Waals surface area (Å²) in [6.07, 6.45) is 5.03. The number of ether oxygens (including phenoxy) is 1. The molecule has 182 valence electrons. The van der Waals surface area contributed by atoms with Gasteiger partial charge in [0.25, 0.3) is 0 Å². The van der Waals surface area contributed by atoms with Gasteiger partial charge < -0.3 is 31.4 Å². The number of nitrogens with zero attached hydrogens (tertiary/aromatic N) is 5. The molecule has 0 radical (unpaired) electrons. The molecule has 2 fully saturated rings. The molecule has 1 aliphatic heterocycles. The van der Waals surface area contributed by atoms with E-state index < -0.39 is 5.54 Å². The van der Waals surface area contributed by atoms with Gasteiger partial charge in [0.2, 0.25) is 0 Å². The number of fused-ring (bicyclic) bond motifs is 5. The molecule has 4 aromatic rings. The number of aromatic nitrogens is 5. The summed E-state index contributed by atoms with van der Waals surface area (Å²) in [5.41, 5.74) is 13.7. The van der Waals surface area contributed by atoms with E-state index in [1.54, 1.807) is 19.4 Å². The van der Waals surface area contributed by atoms with E-state index in [2.05, 4.69) is 30.2 Å². The predicted molar refractivity (Wildman–Crippen MR) is 132 cm³/mol. The maximum absolute atomic E-state index is 14.5. The second-order valence-corrected chi connectivity index (χ2v) is 10.1. The average molecular weight is 478 g/mol. The van der Waals surface area contributed by atoms with E-state index in [0.717, 1.165) is 35.7 Å². The lowest BCUT2D eigenvalue weighted by molar-refractivity contribution is 0.431. The largest absolute Gasteiger partial charge is 0.421 e. The molecule has 1 saturated carbocycles. The Bertz CT molecular complexity index is 1430. The van der Waals surface area contributed by atoms with Crippen LogP contribution in [0.15, 0.2) is 24.5 Å². The number of nitrogens with two attached hydrogens (primary N) is 2. The quantitative estimate of drug-likeness (QED) is 0.341. The van der Waals surface area contributed by atoms with Crippen LogP contribution in [-0.2, 0) is 5.54 Å². The molecule has 0 amide bonds. The number of rotatable bonds is 5. The highest BCUT2D eigenvalue weighted by molar-refractivity contribution is 6.14. The summed E-state index contributed by atoms with van der Waals surface area (Å²) < 4.78 is 20.5. The second kappa shape index (κ2) is 7.72. The number of aromatic amines is 1. The van der Waals surface area contributed by atoms with Crippen molar-refractivity contribution >= 4 is 33.4 Å². The predicted octanol–water partition coefficient (Wildman–Crippen LogP) is 2.99. The van der Waals surface area contributed by atoms with Gasteiger partial charge in [0.15, 0.2) is 5.75 Å². The maximum atomic E-state index is 14.5. The Morgan fingerprint density at radius 1 is 1.20 bits per heavy atom. The Morgan fingerprint density at radius 3 is 2.60 bits per heavy atom. The van der Waals surface area contributed by atoms with Crippen LogP contribution in [0.2, 0.25) is 0 Å². The van der Waals surface area contributed by atoms with Gasteiger partial charge in [-0.1, -0.05) is 0 Å². The van der Waals surface area contributed by atoms with E-state index in [0.29, 0.717) is 34.6 Å². The third kappa shape index (κ3) is 3.62. The lowest BCUT2D eigenvalue weighted by Gasteiger charge is -2.31. The summed E-state index contributed by atoms with van der Waals surface area (Å²) in [5, 5.41) is 4.54. The number of hydrogen-bond acceptors (Lipinski definition) is 9. The number of piperidine rings is 1. The van der Waals surface area contributed by atoms with Crippen molar-refractivity contribution in [2.24, 2.45) is 17.4 Å². The van der Waals surface area contributed by atoms with E-state index >= 15 is 0 Å². The Morgan fingerprint density at radius 2 is 1.97 bits per heavy atom. The number of nitrogens with one attached hydrogen (secondary N) is 2. The van der Waals surface area contributed by atoms with E-state index in [1.807, 2.05) is 13.8 Å². The highest BCUT2D eigenvalue weighted by Crippen LogP contribution is 2.44. The Hall–Kier alpha value is -3.57. The lowest BCUT2D eigenvalue weighted by Crippen LogP contribution is -2.41. The lowest BCUT2D eigenvalue weighted by atomic mass is 10.0. The van der Waals surface area contributed by atoms with Gasteiger partial charge in [0.05, 0.1) is 34.5 Å². The molecule has 11 heteroatoms. The molecule has 10 nitrogen and oxygen atoms in total. The molecule has 2 unspecified atom stereocenters. The first-order valence-electron chi connectivity index (χ1n) is 11.7. The van der Waals surface area contributed by atoms with E-state index in [9.17, 15) is 4.39 Å². The molecule has 6 N–H and O–H groups in total. The Kier molecular flexibility index (Phi) is 4.84. The molecular weight excluding hydrogens is 449 g/mol. The first-order valence-corrected chi connectivity index (χ1v) is 11.7. The SMILES string of the molecule is CNc1cc(F)cc2c1[nH]c1nc(Oc3cnc(C(C)(C)N)nc3)nc(N3C[C@H]4CC3CC4N)c12. The highest BCUT2D eigenvalue weighted by atomic mass is 19.1. The van der Waals surface area contributed by atoms with Crippen molar-refractivity contribution in [2.75, 3.05) is 23.8 Å². The van der Waals surface area contributed by atoms with Crippen molar-refractivity contribution in [2.45, 2.75) is 44.3 Å². The smallest absolute Gasteiger partial charge is 0.326 e. The van der Waals surface area contributed by atoms with Gasteiger partial charge in [-0.15, -0.1) is 0 Å². The van der Waals surface area contributed by atoms with E-state index in [-0.39, 0.29) is 23.9 Å². The first kappa shape index (κ1) is 21.9. The van der Waals surface area contributed by atoms with Gasteiger partial charge >= 0.3 is 6.01 Å². The van der Waals surface area contributed by atoms with Crippen LogP contribution in [0.25, 0.3) is 21.9 Å². The molecule has 2 aliphatic rings. The first-order chi connectivity index (χ1) is 16.7. The fourth-order valence-electron chi connectivity index (χ4n) is 5.33. The van der Waals surface area contributed by atoms with Crippen LogP contribution >= 0.6 is 0 Å². The molecule has 35 heavy (non-hydrogen) atoms. The summed E-state index contributed by atoms with van der Waals surface area (Å²) in [5.74, 6) is 1.68. The van der Waals surface area contributed by atoms with Crippen molar-refractivity contribution in [3.05, 3.63) is 36.2 Å². The summed E-state index contributed by atoms with van der Waals surface area (Å²) in [6, 6.07) is 3.60. The van der Waals surface area contributed by atoms with Crippen LogP contribution in [0.5, 0.6) is 11.8 Å². The fraction of sp³-hybridized carbons (Fsp3) is 0.417. The number of H-pyrrole nitrogens is 1. The topological polar surface area (TPSA) is 144 Å². The van der Waals surface area contributed by atoms with Crippen molar-refractivity contribution < 1.29 is 9.13 Å². The summed E-state index contributed by atoms with van der Waals surface area (Å²) in [4.78, 5) is 23.7. The summed E-state index contributed by atoms with van der Waals surface area (Å²) >= 11 is 0. The van der Waals surface area contributed by atoms with E-state index in [1.165, 1.54) is 12.1 Å². The van der Waals surface area contributed by atoms with Crippen molar-refractivity contribution in [1.82, 2.24) is 24.9 Å². The summed E-state index contributed by atoms with van der Waals surface area (Å²) in [6.45, 7) is 4.46. The van der Waals surface area contributed by atoms with Crippen LogP contribution in [0.4, 0.5) is 15.9 Å². The van der Waals surface area contributed by atoms with Crippen LogP contribution in [0.3, 0.4) is 0 Å². The molecule has 1 aromatic carbocycles. The normalized spacial score (nSPS) is 21.9. The second-order valence-electron chi connectivity index (χ2n) is 10.1. The van der Waals surface area contributed by atoms with Gasteiger partial charge in [-0.25, -0.2) is 14.4 Å².